The molecule has 20 heavy (non-hydrogen) atoms. The van der Waals surface area contributed by atoms with Crippen LogP contribution < -0.4 is 16.8 Å². The van der Waals surface area contributed by atoms with Crippen LogP contribution in [-0.4, -0.2) is 50.5 Å². The first kappa shape index (κ1) is 15.7. The van der Waals surface area contributed by atoms with Crippen molar-refractivity contribution < 1.29 is 14.4 Å². The zero-order chi connectivity index (χ0) is 15.1. The molecule has 1 rings (SSSR count). The van der Waals surface area contributed by atoms with Crippen LogP contribution in [0.2, 0.25) is 0 Å². The predicted octanol–water partition coefficient (Wildman–Crippen LogP) is -2.04. The Balaban J connectivity index is 2.54. The van der Waals surface area contributed by atoms with Gasteiger partial charge in [-0.15, -0.1) is 10.2 Å². The zero-order valence-corrected chi connectivity index (χ0v) is 10.9. The fourth-order valence-electron chi connectivity index (χ4n) is 1.27. The lowest BCUT2D eigenvalue weighted by molar-refractivity contribution is -0.119. The maximum Gasteiger partial charge on any atom is 0.360 e. The van der Waals surface area contributed by atoms with Gasteiger partial charge in [-0.2, -0.15) is 0 Å². The molecule has 0 saturated carbocycles. The monoisotopic (exact) mass is 282 g/mol. The van der Waals surface area contributed by atoms with Crippen LogP contribution in [0.25, 0.3) is 0 Å². The predicted molar refractivity (Wildman–Crippen MR) is 67.1 cm³/mol. The molecule has 10 nitrogen and oxygen atoms in total. The number of tetrazole rings is 1. The van der Waals surface area contributed by atoms with Crippen LogP contribution in [0.5, 0.6) is 0 Å². The maximum absolute atomic E-state index is 11.7. The van der Waals surface area contributed by atoms with E-state index in [1.165, 1.54) is 0 Å². The number of aromatic nitrogens is 4. The highest BCUT2D eigenvalue weighted by Crippen LogP contribution is 2.01. The van der Waals surface area contributed by atoms with E-state index < -0.39 is 23.8 Å². The first-order valence-electron chi connectivity index (χ1n) is 5.94. The number of carbonyl (C=O) groups is 3. The van der Waals surface area contributed by atoms with Crippen molar-refractivity contribution in [2.75, 3.05) is 6.54 Å². The van der Waals surface area contributed by atoms with Crippen molar-refractivity contribution in [3.8, 4) is 0 Å². The van der Waals surface area contributed by atoms with Crippen LogP contribution in [-0.2, 0) is 9.59 Å². The van der Waals surface area contributed by atoms with Crippen molar-refractivity contribution in [3.05, 3.63) is 12.2 Å². The number of amides is 2. The van der Waals surface area contributed by atoms with E-state index in [4.69, 9.17) is 11.5 Å². The molecule has 0 aromatic carbocycles. The number of rotatable bonds is 7. The molecule has 109 valence electrons. The Kier molecular flexibility index (Phi) is 5.72. The smallest absolute Gasteiger partial charge is 0.360 e. The van der Waals surface area contributed by atoms with Gasteiger partial charge in [0.15, 0.2) is 11.6 Å². The van der Waals surface area contributed by atoms with Crippen molar-refractivity contribution in [2.24, 2.45) is 11.5 Å². The number of ketones is 1. The second kappa shape index (κ2) is 7.28. The van der Waals surface area contributed by atoms with Gasteiger partial charge in [-0.3, -0.25) is 9.59 Å². The SMILES string of the molecule is CCNC(=O)n1nnc([CH]C(=O)[C@@H](N)CCC(N)=O)n1. The van der Waals surface area contributed by atoms with Crippen molar-refractivity contribution >= 4 is 17.7 Å². The third-order valence-electron chi connectivity index (χ3n) is 2.28. The van der Waals surface area contributed by atoms with Gasteiger partial charge >= 0.3 is 6.03 Å². The molecule has 0 aliphatic heterocycles. The van der Waals surface area contributed by atoms with E-state index in [0.717, 1.165) is 11.2 Å². The summed E-state index contributed by atoms with van der Waals surface area (Å²) in [5.74, 6) is -1.04. The summed E-state index contributed by atoms with van der Waals surface area (Å²) in [5.41, 5.74) is 10.5. The number of nitrogens with zero attached hydrogens (tertiary/aromatic N) is 4. The van der Waals surface area contributed by atoms with E-state index in [1.54, 1.807) is 6.92 Å². The van der Waals surface area contributed by atoms with Crippen molar-refractivity contribution in [1.29, 1.82) is 0 Å². The van der Waals surface area contributed by atoms with E-state index in [-0.39, 0.29) is 18.7 Å². The number of hydrogen-bond donors (Lipinski definition) is 3. The average Bonchev–Trinajstić information content (AvgIpc) is 2.84. The van der Waals surface area contributed by atoms with E-state index in [9.17, 15) is 14.4 Å². The highest BCUT2D eigenvalue weighted by Gasteiger charge is 2.19. The maximum atomic E-state index is 11.7. The fourth-order valence-corrected chi connectivity index (χ4v) is 1.27. The van der Waals surface area contributed by atoms with E-state index in [1.807, 2.05) is 0 Å². The summed E-state index contributed by atoms with van der Waals surface area (Å²) >= 11 is 0. The Morgan fingerprint density at radius 1 is 1.45 bits per heavy atom. The standard InChI is InChI=1S/C10H16N7O3/c1-2-13-10(20)17-15-9(14-16-17)5-7(18)6(11)3-4-8(12)19/h5-6H,2-4,11H2,1H3,(H2,12,19)(H,13,20)/t6-/m0/s1. The van der Waals surface area contributed by atoms with Crippen LogP contribution in [0.1, 0.15) is 25.6 Å². The van der Waals surface area contributed by atoms with Gasteiger partial charge in [0, 0.05) is 13.0 Å². The Morgan fingerprint density at radius 3 is 2.75 bits per heavy atom. The quantitative estimate of drug-likeness (QED) is 0.519. The lowest BCUT2D eigenvalue weighted by atomic mass is 10.1. The molecular formula is C10H16N7O3. The first-order chi connectivity index (χ1) is 9.43. The lowest BCUT2D eigenvalue weighted by Gasteiger charge is -2.06. The lowest BCUT2D eigenvalue weighted by Crippen LogP contribution is -2.32. The largest absolute Gasteiger partial charge is 0.370 e. The summed E-state index contributed by atoms with van der Waals surface area (Å²) in [5, 5.41) is 13.2. The van der Waals surface area contributed by atoms with Crippen molar-refractivity contribution in [1.82, 2.24) is 25.5 Å². The first-order valence-corrected chi connectivity index (χ1v) is 5.94. The molecule has 0 spiro atoms. The van der Waals surface area contributed by atoms with Gasteiger partial charge in [-0.05, 0) is 18.6 Å². The minimum atomic E-state index is -0.876. The number of Topliss-reactive ketones (excluding diaryl/α,β-unsaturated/α-hetero) is 1. The molecular weight excluding hydrogens is 266 g/mol. The number of nitrogens with two attached hydrogens (primary N) is 2. The Morgan fingerprint density at radius 2 is 2.15 bits per heavy atom. The second-order valence-electron chi connectivity index (χ2n) is 3.93. The Hall–Kier alpha value is -2.36. The highest BCUT2D eigenvalue weighted by atomic mass is 16.2. The van der Waals surface area contributed by atoms with Gasteiger partial charge in [-0.1, -0.05) is 4.80 Å². The second-order valence-corrected chi connectivity index (χ2v) is 3.93. The molecule has 0 aliphatic rings. The van der Waals surface area contributed by atoms with E-state index >= 15 is 0 Å². The van der Waals surface area contributed by atoms with Crippen molar-refractivity contribution in [2.45, 2.75) is 25.8 Å². The van der Waals surface area contributed by atoms with Gasteiger partial charge in [0.1, 0.15) is 6.42 Å². The van der Waals surface area contributed by atoms with Crippen LogP contribution in [0, 0.1) is 6.42 Å². The van der Waals surface area contributed by atoms with Crippen LogP contribution >= 0.6 is 0 Å². The molecule has 0 aliphatic carbocycles. The molecule has 1 atom stereocenters. The van der Waals surface area contributed by atoms with Crippen LogP contribution in [0.3, 0.4) is 0 Å². The van der Waals surface area contributed by atoms with Gasteiger partial charge in [0.25, 0.3) is 0 Å². The summed E-state index contributed by atoms with van der Waals surface area (Å²) in [6, 6.07) is -1.43. The van der Waals surface area contributed by atoms with E-state index in [0.29, 0.717) is 6.54 Å². The summed E-state index contributed by atoms with van der Waals surface area (Å²) in [4.78, 5) is 34.4. The number of hydrogen-bond acceptors (Lipinski definition) is 7. The van der Waals surface area contributed by atoms with E-state index in [2.05, 4.69) is 20.7 Å². The topological polar surface area (TPSA) is 159 Å². The van der Waals surface area contributed by atoms with Gasteiger partial charge in [0.2, 0.25) is 5.91 Å². The Labute approximate surface area is 114 Å². The molecule has 2 amide bonds. The zero-order valence-electron chi connectivity index (χ0n) is 10.9. The summed E-state index contributed by atoms with van der Waals surface area (Å²) in [6.45, 7) is 2.15. The van der Waals surface area contributed by atoms with Crippen LogP contribution in [0.15, 0.2) is 0 Å². The van der Waals surface area contributed by atoms with Gasteiger partial charge in [0.05, 0.1) is 6.04 Å². The summed E-state index contributed by atoms with van der Waals surface area (Å²) in [7, 11) is 0. The molecule has 1 radical (unpaired) electrons. The number of nitrogens with one attached hydrogen (secondary N) is 1. The molecule has 0 fully saturated rings. The van der Waals surface area contributed by atoms with Crippen LogP contribution in [0.4, 0.5) is 4.79 Å². The summed E-state index contributed by atoms with van der Waals surface area (Å²) < 4.78 is 0. The average molecular weight is 282 g/mol. The van der Waals surface area contributed by atoms with Gasteiger partial charge < -0.3 is 16.8 Å². The molecule has 10 heteroatoms. The Bertz CT molecular complexity index is 499. The number of primary amides is 1. The molecule has 0 saturated heterocycles. The minimum Gasteiger partial charge on any atom is -0.370 e. The van der Waals surface area contributed by atoms with Crippen molar-refractivity contribution in [3.63, 3.8) is 0 Å². The third-order valence-corrected chi connectivity index (χ3v) is 2.28. The molecule has 0 unspecified atom stereocenters. The normalized spacial score (nSPS) is 11.9. The van der Waals surface area contributed by atoms with Gasteiger partial charge in [-0.25, -0.2) is 4.79 Å². The fraction of sp³-hybridized carbons (Fsp3) is 0.500. The molecule has 5 N–H and O–H groups in total. The highest BCUT2D eigenvalue weighted by molar-refractivity contribution is 5.94. The molecule has 1 aromatic rings. The third kappa shape index (κ3) is 4.72. The summed E-state index contributed by atoms with van der Waals surface area (Å²) in [6.07, 6.45) is 1.21. The number of carbonyl (C=O) groups excluding carboxylic acids is 3. The molecule has 0 bridgehead atoms. The molecule has 1 aromatic heterocycles. The molecule has 1 heterocycles. The minimum absolute atomic E-state index is 0.0137.